The van der Waals surface area contributed by atoms with Gasteiger partial charge in [-0.15, -0.1) is 0 Å². The number of aliphatic hydroxyl groups excluding tert-OH is 1. The quantitative estimate of drug-likeness (QED) is 0.312. The van der Waals surface area contributed by atoms with E-state index in [4.69, 9.17) is 20.8 Å². The van der Waals surface area contributed by atoms with E-state index in [-0.39, 0.29) is 22.6 Å². The van der Waals surface area contributed by atoms with Gasteiger partial charge in [0.15, 0.2) is 34.5 Å². The van der Waals surface area contributed by atoms with Gasteiger partial charge >= 0.3 is 0 Å². The molecular formula is C27H18ClF2NO5. The Morgan fingerprint density at radius 3 is 2.56 bits per heavy atom. The van der Waals surface area contributed by atoms with Crippen LogP contribution in [0.5, 0.6) is 5.75 Å². The summed E-state index contributed by atoms with van der Waals surface area (Å²) in [6.45, 7) is 1.82. The maximum absolute atomic E-state index is 14.1. The molecule has 6 nitrogen and oxygen atoms in total. The molecular weight excluding hydrogens is 492 g/mol. The van der Waals surface area contributed by atoms with Crippen LogP contribution in [-0.4, -0.2) is 23.9 Å². The van der Waals surface area contributed by atoms with E-state index >= 15 is 0 Å². The molecule has 9 heteroatoms. The summed E-state index contributed by atoms with van der Waals surface area (Å²) in [5, 5.41) is 11.7. The van der Waals surface area contributed by atoms with E-state index in [2.05, 4.69) is 0 Å². The maximum Gasteiger partial charge on any atom is 0.294 e. The van der Waals surface area contributed by atoms with Crippen molar-refractivity contribution in [1.29, 1.82) is 0 Å². The number of nitrogens with zero attached hydrogens (tertiary/aromatic N) is 1. The highest BCUT2D eigenvalue weighted by Crippen LogP contribution is 2.43. The topological polar surface area (TPSA) is 80.0 Å². The molecule has 0 radical (unpaired) electrons. The molecule has 36 heavy (non-hydrogen) atoms. The Bertz CT molecular complexity index is 1590. The second-order valence-corrected chi connectivity index (χ2v) is 8.76. The highest BCUT2D eigenvalue weighted by molar-refractivity contribution is 6.31. The Morgan fingerprint density at radius 2 is 1.86 bits per heavy atom. The zero-order chi connectivity index (χ0) is 25.7. The molecule has 5 rings (SSSR count). The number of benzene rings is 3. The summed E-state index contributed by atoms with van der Waals surface area (Å²) < 4.78 is 38.8. The molecule has 0 aliphatic carbocycles. The van der Waals surface area contributed by atoms with E-state index in [0.29, 0.717) is 21.7 Å². The van der Waals surface area contributed by atoms with Crippen molar-refractivity contribution in [2.45, 2.75) is 13.0 Å². The maximum atomic E-state index is 14.1. The number of ketones is 1. The normalized spacial score (nSPS) is 15.8. The first-order valence-electron chi connectivity index (χ1n) is 10.8. The Kier molecular flexibility index (Phi) is 5.76. The highest BCUT2D eigenvalue weighted by atomic mass is 35.5. The van der Waals surface area contributed by atoms with Crippen LogP contribution in [0.15, 0.2) is 76.4 Å². The van der Waals surface area contributed by atoms with Crippen molar-refractivity contribution in [3.05, 3.63) is 106 Å². The Morgan fingerprint density at radius 1 is 1.08 bits per heavy atom. The largest absolute Gasteiger partial charge is 0.503 e. The third kappa shape index (κ3) is 3.79. The number of aryl methyl sites for hydroxylation is 1. The minimum absolute atomic E-state index is 0.0298. The van der Waals surface area contributed by atoms with Gasteiger partial charge in [-0.3, -0.25) is 14.5 Å². The van der Waals surface area contributed by atoms with E-state index in [1.165, 1.54) is 25.3 Å². The molecule has 1 aromatic heterocycles. The second kappa shape index (κ2) is 8.80. The predicted octanol–water partition coefficient (Wildman–Crippen LogP) is 6.46. The van der Waals surface area contributed by atoms with Gasteiger partial charge in [0, 0.05) is 28.2 Å². The number of furan rings is 1. The predicted molar refractivity (Wildman–Crippen MR) is 130 cm³/mol. The molecule has 0 spiro atoms. The number of amides is 1. The lowest BCUT2D eigenvalue weighted by Crippen LogP contribution is -2.31. The molecule has 3 aromatic carbocycles. The minimum atomic E-state index is -1.18. The van der Waals surface area contributed by atoms with Gasteiger partial charge in [0.25, 0.3) is 5.91 Å². The van der Waals surface area contributed by atoms with E-state index in [9.17, 15) is 23.5 Å². The first-order valence-corrected chi connectivity index (χ1v) is 11.2. The molecule has 2 heterocycles. The number of fused-ring (bicyclic) bond motifs is 1. The SMILES string of the molecule is COc1cc(Cl)cc2cc(C(=O)C3=C(O)C(=O)N(c4ccc(F)c(F)c4)C3c3cccc(C)c3)oc12. The molecule has 4 aromatic rings. The van der Waals surface area contributed by atoms with Crippen LogP contribution in [0.4, 0.5) is 14.5 Å². The monoisotopic (exact) mass is 509 g/mol. The minimum Gasteiger partial charge on any atom is -0.503 e. The number of methoxy groups -OCH3 is 1. The van der Waals surface area contributed by atoms with Crippen LogP contribution in [0.1, 0.15) is 27.7 Å². The first-order chi connectivity index (χ1) is 17.2. The van der Waals surface area contributed by atoms with E-state index in [1.54, 1.807) is 24.3 Å². The van der Waals surface area contributed by atoms with Crippen molar-refractivity contribution in [3.8, 4) is 5.75 Å². The molecule has 1 atom stereocenters. The number of hydrogen-bond acceptors (Lipinski definition) is 5. The van der Waals surface area contributed by atoms with Crippen molar-refractivity contribution in [2.75, 3.05) is 12.0 Å². The summed E-state index contributed by atoms with van der Waals surface area (Å²) in [6, 6.07) is 13.3. The fourth-order valence-electron chi connectivity index (χ4n) is 4.38. The van der Waals surface area contributed by atoms with E-state index in [1.807, 2.05) is 13.0 Å². The third-order valence-corrected chi connectivity index (χ3v) is 6.20. The number of rotatable bonds is 5. The number of Topliss-reactive ketones (excluding diaryl/α,β-unsaturated/α-hetero) is 1. The third-order valence-electron chi connectivity index (χ3n) is 5.98. The van der Waals surface area contributed by atoms with E-state index < -0.39 is 35.1 Å². The molecule has 0 saturated heterocycles. The molecule has 1 N–H and O–H groups in total. The molecule has 0 bridgehead atoms. The van der Waals surface area contributed by atoms with Crippen molar-refractivity contribution in [2.24, 2.45) is 0 Å². The Labute approximate surface area is 209 Å². The zero-order valence-corrected chi connectivity index (χ0v) is 19.8. The Hall–Kier alpha value is -4.17. The van der Waals surface area contributed by atoms with Crippen LogP contribution in [0.3, 0.4) is 0 Å². The van der Waals surface area contributed by atoms with Crippen LogP contribution in [0.2, 0.25) is 5.02 Å². The summed E-state index contributed by atoms with van der Waals surface area (Å²) in [6.07, 6.45) is 0. The average molecular weight is 510 g/mol. The van der Waals surface area contributed by atoms with Gasteiger partial charge in [0.05, 0.1) is 18.7 Å². The lowest BCUT2D eigenvalue weighted by atomic mass is 9.94. The van der Waals surface area contributed by atoms with E-state index in [0.717, 1.165) is 22.6 Å². The van der Waals surface area contributed by atoms with Crippen LogP contribution >= 0.6 is 11.6 Å². The van der Waals surface area contributed by atoms with Crippen molar-refractivity contribution >= 4 is 39.9 Å². The summed E-state index contributed by atoms with van der Waals surface area (Å²) in [4.78, 5) is 28.0. The number of aliphatic hydroxyl groups is 1. The average Bonchev–Trinajstić information content (AvgIpc) is 3.39. The summed E-state index contributed by atoms with van der Waals surface area (Å²) >= 11 is 6.13. The molecule has 1 unspecified atom stereocenters. The molecule has 0 fully saturated rings. The van der Waals surface area contributed by atoms with Crippen LogP contribution < -0.4 is 9.64 Å². The van der Waals surface area contributed by atoms with Crippen LogP contribution in [-0.2, 0) is 4.79 Å². The van der Waals surface area contributed by atoms with Gasteiger partial charge in [0.2, 0.25) is 5.78 Å². The molecule has 182 valence electrons. The Balaban J connectivity index is 1.68. The number of ether oxygens (including phenoxy) is 1. The fraction of sp³-hybridized carbons (Fsp3) is 0.111. The smallest absolute Gasteiger partial charge is 0.294 e. The van der Waals surface area contributed by atoms with Gasteiger partial charge in [-0.2, -0.15) is 0 Å². The molecule has 1 aliphatic rings. The van der Waals surface area contributed by atoms with Crippen molar-refractivity contribution < 1.29 is 32.6 Å². The van der Waals surface area contributed by atoms with Crippen molar-refractivity contribution in [1.82, 2.24) is 0 Å². The van der Waals surface area contributed by atoms with Gasteiger partial charge in [-0.1, -0.05) is 41.4 Å². The van der Waals surface area contributed by atoms with Gasteiger partial charge in [0.1, 0.15) is 0 Å². The van der Waals surface area contributed by atoms with Crippen LogP contribution in [0.25, 0.3) is 11.0 Å². The van der Waals surface area contributed by atoms with Crippen molar-refractivity contribution in [3.63, 3.8) is 0 Å². The number of anilines is 1. The van der Waals surface area contributed by atoms with Crippen LogP contribution in [0, 0.1) is 18.6 Å². The first kappa shape index (κ1) is 23.6. The molecule has 1 amide bonds. The lowest BCUT2D eigenvalue weighted by molar-refractivity contribution is -0.117. The molecule has 1 aliphatic heterocycles. The standard InChI is InChI=1S/C27H18ClF2NO5/c1-13-4-3-5-14(8-13)23-22(25(33)27(34)31(23)17-6-7-18(29)19(30)12-17)24(32)20-10-15-9-16(28)11-21(35-2)26(15)36-20/h3-12,23,33H,1-2H3. The summed E-state index contributed by atoms with van der Waals surface area (Å²) in [5.74, 6) is -4.65. The second-order valence-electron chi connectivity index (χ2n) is 8.32. The zero-order valence-electron chi connectivity index (χ0n) is 19.0. The molecule has 0 saturated carbocycles. The number of halogens is 3. The van der Waals surface area contributed by atoms with Gasteiger partial charge in [-0.05, 0) is 36.8 Å². The lowest BCUT2D eigenvalue weighted by Gasteiger charge is -2.27. The summed E-state index contributed by atoms with van der Waals surface area (Å²) in [5.41, 5.74) is 1.28. The van der Waals surface area contributed by atoms with Gasteiger partial charge in [-0.25, -0.2) is 8.78 Å². The number of hydrogen-bond donors (Lipinski definition) is 1. The fourth-order valence-corrected chi connectivity index (χ4v) is 4.59. The number of carbonyl (C=O) groups excluding carboxylic acids is 2. The highest BCUT2D eigenvalue weighted by Gasteiger charge is 2.45. The summed E-state index contributed by atoms with van der Waals surface area (Å²) in [7, 11) is 1.42. The van der Waals surface area contributed by atoms with Gasteiger partial charge < -0.3 is 14.3 Å². The number of carbonyl (C=O) groups is 2.